The lowest BCUT2D eigenvalue weighted by Gasteiger charge is -2.36. The third-order valence-corrected chi connectivity index (χ3v) is 20.3. The fraction of sp³-hybridized carbons (Fsp3) is 0.310. The highest BCUT2D eigenvalue weighted by Gasteiger charge is 2.36. The van der Waals surface area contributed by atoms with Crippen molar-refractivity contribution in [3.05, 3.63) is 234 Å². The summed E-state index contributed by atoms with van der Waals surface area (Å²) >= 11 is 0. The lowest BCUT2D eigenvalue weighted by atomic mass is 9.68. The molecule has 0 radical (unpaired) electrons. The number of aromatic amines is 3. The van der Waals surface area contributed by atoms with E-state index in [-0.39, 0.29) is 0 Å². The average molecular weight is 1230 g/mol. The first-order chi connectivity index (χ1) is 45.2. The fourth-order valence-corrected chi connectivity index (χ4v) is 14.4. The number of hydrogen-bond donors (Lipinski definition) is 3. The average Bonchev–Trinajstić information content (AvgIpc) is 1.53. The van der Waals surface area contributed by atoms with Crippen LogP contribution >= 0.6 is 0 Å². The van der Waals surface area contributed by atoms with E-state index < -0.39 is 16.2 Å². The van der Waals surface area contributed by atoms with E-state index in [9.17, 15) is 0 Å². The summed E-state index contributed by atoms with van der Waals surface area (Å²) in [4.78, 5) is 10.9. The van der Waals surface area contributed by atoms with Gasteiger partial charge in [-0.15, -0.1) is 0 Å². The minimum atomic E-state index is -0.526. The highest BCUT2D eigenvalue weighted by Crippen LogP contribution is 2.49. The molecule has 474 valence electrons. The van der Waals surface area contributed by atoms with Gasteiger partial charge in [0.1, 0.15) is 17.2 Å². The standard InChI is InChI=1S/C87H93N3O3/c1-10-13-16-25-46-91-82-52-61(58-37-43-79-70(49-58)67-28-19-22-31-76(67)88-79)34-40-73(82)85(4,5)64-55-65(86(6,7)74-41-35-62(53-83(74)92-47-26-17-14-11-2)59-38-44-80-71(50-59)68-29-20-23-32-77(68)89-80)57-66(56-64)87(8,9)75-42-36-63(54-84(75)93-48-27-18-15-12-3)60-39-45-81-72(51-60)69-30-21-24-33-78(69)90-81/h19-24,28-45,49-57,88-90H,10-18,25-27,46-48H2,1-9H3. The van der Waals surface area contributed by atoms with Gasteiger partial charge in [-0.3, -0.25) is 0 Å². The number of rotatable bonds is 27. The summed E-state index contributed by atoms with van der Waals surface area (Å²) in [6.45, 7) is 23.2. The molecular weight excluding hydrogens is 1130 g/mol. The minimum absolute atomic E-state index is 0.526. The Labute approximate surface area is 551 Å². The van der Waals surface area contributed by atoms with E-state index in [1.54, 1.807) is 0 Å². The van der Waals surface area contributed by atoms with Crippen LogP contribution in [-0.2, 0) is 16.2 Å². The van der Waals surface area contributed by atoms with Gasteiger partial charge in [-0.1, -0.05) is 247 Å². The van der Waals surface area contributed by atoms with Crippen LogP contribution in [0.2, 0.25) is 0 Å². The Hall–Kier alpha value is -9.00. The molecule has 0 spiro atoms. The maximum Gasteiger partial charge on any atom is 0.123 e. The molecule has 13 aromatic rings. The van der Waals surface area contributed by atoms with Crippen molar-refractivity contribution in [3.63, 3.8) is 0 Å². The van der Waals surface area contributed by atoms with Gasteiger partial charge >= 0.3 is 0 Å². The fourth-order valence-electron chi connectivity index (χ4n) is 14.4. The smallest absolute Gasteiger partial charge is 0.123 e. The third-order valence-electron chi connectivity index (χ3n) is 20.3. The molecule has 0 bridgehead atoms. The highest BCUT2D eigenvalue weighted by atomic mass is 16.5. The predicted octanol–water partition coefficient (Wildman–Crippen LogP) is 24.4. The first-order valence-electron chi connectivity index (χ1n) is 34.7. The molecule has 0 aliphatic rings. The Morgan fingerprint density at radius 2 is 0.516 bits per heavy atom. The van der Waals surface area contributed by atoms with Crippen LogP contribution in [0.3, 0.4) is 0 Å². The number of unbranched alkanes of at least 4 members (excludes halogenated alkanes) is 9. The van der Waals surface area contributed by atoms with Gasteiger partial charge in [0, 0.05) is 98.4 Å². The first-order valence-corrected chi connectivity index (χ1v) is 34.7. The maximum absolute atomic E-state index is 7.12. The number of aromatic nitrogens is 3. The molecule has 3 aromatic heterocycles. The van der Waals surface area contributed by atoms with Crippen LogP contribution in [0.5, 0.6) is 17.2 Å². The number of H-pyrrole nitrogens is 3. The summed E-state index contributed by atoms with van der Waals surface area (Å²) in [5.74, 6) is 2.79. The highest BCUT2D eigenvalue weighted by molar-refractivity contribution is 6.10. The van der Waals surface area contributed by atoms with Crippen LogP contribution in [0, 0.1) is 0 Å². The Kier molecular flexibility index (Phi) is 18.2. The van der Waals surface area contributed by atoms with Crippen molar-refractivity contribution in [2.75, 3.05) is 19.8 Å². The van der Waals surface area contributed by atoms with E-state index in [1.807, 2.05) is 0 Å². The molecule has 0 saturated carbocycles. The number of nitrogens with one attached hydrogen (secondary N) is 3. The number of benzene rings is 10. The molecule has 3 N–H and O–H groups in total. The maximum atomic E-state index is 7.12. The first kappa shape index (κ1) is 62.8. The van der Waals surface area contributed by atoms with Crippen molar-refractivity contribution in [3.8, 4) is 50.6 Å². The summed E-state index contributed by atoms with van der Waals surface area (Å²) in [7, 11) is 0. The van der Waals surface area contributed by atoms with E-state index in [1.165, 1.54) is 104 Å². The van der Waals surface area contributed by atoms with Crippen molar-refractivity contribution in [2.24, 2.45) is 0 Å². The van der Waals surface area contributed by atoms with Crippen molar-refractivity contribution >= 4 is 65.4 Å². The van der Waals surface area contributed by atoms with Gasteiger partial charge in [0.05, 0.1) is 19.8 Å². The molecule has 0 aliphatic carbocycles. The monoisotopic (exact) mass is 1230 g/mol. The molecule has 10 aromatic carbocycles. The molecule has 3 heterocycles. The van der Waals surface area contributed by atoms with Crippen LogP contribution in [0.15, 0.2) is 200 Å². The molecule has 0 amide bonds. The van der Waals surface area contributed by atoms with Crippen molar-refractivity contribution in [1.82, 2.24) is 15.0 Å². The second-order valence-electron chi connectivity index (χ2n) is 27.8. The topological polar surface area (TPSA) is 75.1 Å². The second-order valence-corrected chi connectivity index (χ2v) is 27.8. The van der Waals surface area contributed by atoms with Gasteiger partial charge in [-0.25, -0.2) is 0 Å². The van der Waals surface area contributed by atoms with Crippen LogP contribution < -0.4 is 14.2 Å². The molecule has 6 heteroatoms. The Bertz CT molecular complexity index is 4300. The quantitative estimate of drug-likeness (QED) is 0.0449. The summed E-state index contributed by atoms with van der Waals surface area (Å²) in [5.41, 5.74) is 19.4. The van der Waals surface area contributed by atoms with Crippen LogP contribution in [0.25, 0.3) is 98.8 Å². The summed E-state index contributed by atoms with van der Waals surface area (Å²) in [6, 6.07) is 74.8. The summed E-state index contributed by atoms with van der Waals surface area (Å²) in [6.07, 6.45) is 13.5. The molecule has 0 aliphatic heterocycles. The zero-order valence-corrected chi connectivity index (χ0v) is 56.4. The SMILES string of the molecule is CCCCCCOc1cc(-c2ccc3[nH]c4ccccc4c3c2)ccc1C(C)(C)c1cc(C(C)(C)c2ccc(-c3ccc4[nH]c5ccccc5c4c3)cc2OCCCCCC)cc(C(C)(C)c2ccc(-c3ccc4[nH]c5ccccc5c4c3)cc2OCCCCCC)c1. The van der Waals surface area contributed by atoms with E-state index in [0.717, 1.165) is 122 Å². The molecule has 13 rings (SSSR count). The summed E-state index contributed by atoms with van der Waals surface area (Å²) in [5, 5.41) is 7.37. The van der Waals surface area contributed by atoms with E-state index in [4.69, 9.17) is 14.2 Å². The molecule has 6 nitrogen and oxygen atoms in total. The van der Waals surface area contributed by atoms with E-state index >= 15 is 0 Å². The van der Waals surface area contributed by atoms with Crippen LogP contribution in [0.1, 0.15) is 173 Å². The van der Waals surface area contributed by atoms with Crippen molar-refractivity contribution in [2.45, 2.75) is 156 Å². The van der Waals surface area contributed by atoms with Gasteiger partial charge in [0.15, 0.2) is 0 Å². The third kappa shape index (κ3) is 12.7. The minimum Gasteiger partial charge on any atom is -0.493 e. The van der Waals surface area contributed by atoms with Crippen LogP contribution in [-0.4, -0.2) is 34.8 Å². The van der Waals surface area contributed by atoms with Gasteiger partial charge in [0.25, 0.3) is 0 Å². The molecule has 0 fully saturated rings. The van der Waals surface area contributed by atoms with Crippen molar-refractivity contribution < 1.29 is 14.2 Å². The van der Waals surface area contributed by atoms with Gasteiger partial charge in [-0.05, 0) is 142 Å². The van der Waals surface area contributed by atoms with Crippen LogP contribution in [0.4, 0.5) is 0 Å². The predicted molar refractivity (Wildman–Crippen MR) is 395 cm³/mol. The number of fused-ring (bicyclic) bond motifs is 9. The lowest BCUT2D eigenvalue weighted by molar-refractivity contribution is 0.298. The summed E-state index contributed by atoms with van der Waals surface area (Å²) < 4.78 is 21.4. The number of para-hydroxylation sites is 3. The van der Waals surface area contributed by atoms with E-state index in [0.29, 0.717) is 19.8 Å². The van der Waals surface area contributed by atoms with Crippen molar-refractivity contribution in [1.29, 1.82) is 0 Å². The van der Waals surface area contributed by atoms with E-state index in [2.05, 4.69) is 277 Å². The lowest BCUT2D eigenvalue weighted by Crippen LogP contribution is -2.28. The molecule has 0 atom stereocenters. The largest absolute Gasteiger partial charge is 0.493 e. The molecule has 93 heavy (non-hydrogen) atoms. The van der Waals surface area contributed by atoms with Gasteiger partial charge in [-0.2, -0.15) is 0 Å². The molecular formula is C87H93N3O3. The second kappa shape index (κ2) is 26.9. The van der Waals surface area contributed by atoms with Gasteiger partial charge < -0.3 is 29.2 Å². The normalized spacial score (nSPS) is 12.4. The Morgan fingerprint density at radius 1 is 0.258 bits per heavy atom. The Balaban J connectivity index is 0.959. The molecule has 0 unspecified atom stereocenters. The zero-order valence-electron chi connectivity index (χ0n) is 56.4. The number of hydrogen-bond acceptors (Lipinski definition) is 3. The Morgan fingerprint density at radius 3 is 0.806 bits per heavy atom. The molecule has 0 saturated heterocycles. The zero-order chi connectivity index (χ0) is 64.3. The number of ether oxygens (including phenoxy) is 3. The van der Waals surface area contributed by atoms with Gasteiger partial charge in [0.2, 0.25) is 0 Å².